The van der Waals surface area contributed by atoms with E-state index in [0.29, 0.717) is 0 Å². The van der Waals surface area contributed by atoms with Gasteiger partial charge >= 0.3 is 5.97 Å². The molecule has 104 valence electrons. The predicted molar refractivity (Wildman–Crippen MR) is 84.5 cm³/mol. The molecule has 2 heteroatoms. The highest BCUT2D eigenvalue weighted by atomic mass is 16.4. The van der Waals surface area contributed by atoms with E-state index >= 15 is 0 Å². The van der Waals surface area contributed by atoms with Crippen molar-refractivity contribution < 1.29 is 9.90 Å². The van der Waals surface area contributed by atoms with Crippen molar-refractivity contribution in [3.05, 3.63) is 83.9 Å². The molecule has 21 heavy (non-hydrogen) atoms. The van der Waals surface area contributed by atoms with Gasteiger partial charge in [-0.25, -0.2) is 0 Å². The first-order chi connectivity index (χ1) is 10.3. The van der Waals surface area contributed by atoms with Gasteiger partial charge < -0.3 is 5.11 Å². The first-order valence-corrected chi connectivity index (χ1v) is 7.00. The normalized spacial score (nSPS) is 12.2. The van der Waals surface area contributed by atoms with Crippen LogP contribution in [0.2, 0.25) is 0 Å². The number of carboxylic acid groups (broad SMARTS) is 1. The maximum absolute atomic E-state index is 11.3. The van der Waals surface area contributed by atoms with Gasteiger partial charge in [-0.3, -0.25) is 4.79 Å². The van der Waals surface area contributed by atoms with Crippen LogP contribution < -0.4 is 0 Å². The van der Waals surface area contributed by atoms with Gasteiger partial charge in [-0.05, 0) is 21.9 Å². The zero-order chi connectivity index (χ0) is 14.7. The van der Waals surface area contributed by atoms with Crippen LogP contribution in [0.4, 0.5) is 0 Å². The van der Waals surface area contributed by atoms with Crippen LogP contribution in [-0.4, -0.2) is 11.1 Å². The fraction of sp³-hybridized carbons (Fsp3) is 0.105. The maximum Gasteiger partial charge on any atom is 0.304 e. The lowest BCUT2D eigenvalue weighted by atomic mass is 9.85. The summed E-state index contributed by atoms with van der Waals surface area (Å²) in [6.07, 6.45) is 0.0953. The number of fused-ring (bicyclic) bond motifs is 1. The number of aliphatic carboxylic acids is 1. The summed E-state index contributed by atoms with van der Waals surface area (Å²) >= 11 is 0. The van der Waals surface area contributed by atoms with Gasteiger partial charge in [0.2, 0.25) is 0 Å². The van der Waals surface area contributed by atoms with Gasteiger partial charge in [0.05, 0.1) is 6.42 Å². The monoisotopic (exact) mass is 276 g/mol. The number of carboxylic acids is 1. The van der Waals surface area contributed by atoms with Crippen molar-refractivity contribution in [3.63, 3.8) is 0 Å². The summed E-state index contributed by atoms with van der Waals surface area (Å²) in [5, 5.41) is 11.5. The topological polar surface area (TPSA) is 37.3 Å². The van der Waals surface area contributed by atoms with Crippen molar-refractivity contribution in [3.8, 4) is 0 Å². The summed E-state index contributed by atoms with van der Waals surface area (Å²) in [7, 11) is 0. The van der Waals surface area contributed by atoms with Crippen molar-refractivity contribution in [2.24, 2.45) is 0 Å². The fourth-order valence-electron chi connectivity index (χ4n) is 2.82. The van der Waals surface area contributed by atoms with Crippen LogP contribution in [0.3, 0.4) is 0 Å². The molecule has 1 N–H and O–H groups in total. The van der Waals surface area contributed by atoms with Gasteiger partial charge in [-0.1, -0.05) is 72.8 Å². The highest BCUT2D eigenvalue weighted by Crippen LogP contribution is 2.33. The van der Waals surface area contributed by atoms with E-state index in [0.717, 1.165) is 21.9 Å². The Morgan fingerprint density at radius 3 is 2.29 bits per heavy atom. The third kappa shape index (κ3) is 2.79. The Balaban J connectivity index is 2.17. The minimum atomic E-state index is -0.781. The van der Waals surface area contributed by atoms with Gasteiger partial charge in [0, 0.05) is 5.92 Å². The second-order valence-electron chi connectivity index (χ2n) is 5.13. The van der Waals surface area contributed by atoms with E-state index in [1.165, 1.54) is 0 Å². The smallest absolute Gasteiger partial charge is 0.304 e. The van der Waals surface area contributed by atoms with Crippen LogP contribution in [0, 0.1) is 0 Å². The minimum absolute atomic E-state index is 0.0953. The van der Waals surface area contributed by atoms with E-state index in [-0.39, 0.29) is 12.3 Å². The predicted octanol–water partition coefficient (Wildman–Crippen LogP) is 4.45. The summed E-state index contributed by atoms with van der Waals surface area (Å²) in [5.74, 6) is -0.911. The van der Waals surface area contributed by atoms with E-state index in [9.17, 15) is 9.90 Å². The standard InChI is InChI=1S/C19H16O2/c20-19(21)13-18(15-7-2-1-3-8-15)17-12-6-10-14-9-4-5-11-16(14)17/h1-12,18H,13H2,(H,20,21). The molecule has 2 nitrogen and oxygen atoms in total. The van der Waals surface area contributed by atoms with Gasteiger partial charge in [0.15, 0.2) is 0 Å². The van der Waals surface area contributed by atoms with Crippen LogP contribution in [0.15, 0.2) is 72.8 Å². The van der Waals surface area contributed by atoms with Gasteiger partial charge in [-0.2, -0.15) is 0 Å². The molecule has 1 unspecified atom stereocenters. The molecule has 0 bridgehead atoms. The third-order valence-electron chi connectivity index (χ3n) is 3.78. The summed E-state index contributed by atoms with van der Waals surface area (Å²) in [6, 6.07) is 24.0. The van der Waals surface area contributed by atoms with Crippen molar-refractivity contribution in [1.82, 2.24) is 0 Å². The molecular formula is C19H16O2. The number of rotatable bonds is 4. The van der Waals surface area contributed by atoms with Gasteiger partial charge in [0.25, 0.3) is 0 Å². The maximum atomic E-state index is 11.3. The molecule has 0 aromatic heterocycles. The Morgan fingerprint density at radius 2 is 1.52 bits per heavy atom. The van der Waals surface area contributed by atoms with Crippen LogP contribution in [0.25, 0.3) is 10.8 Å². The van der Waals surface area contributed by atoms with E-state index in [1.54, 1.807) is 0 Å². The Labute approximate surface area is 123 Å². The molecule has 0 saturated carbocycles. The third-order valence-corrected chi connectivity index (χ3v) is 3.78. The fourth-order valence-corrected chi connectivity index (χ4v) is 2.82. The van der Waals surface area contributed by atoms with Crippen LogP contribution in [0.1, 0.15) is 23.5 Å². The molecule has 0 radical (unpaired) electrons. The Hall–Kier alpha value is -2.61. The minimum Gasteiger partial charge on any atom is -0.481 e. The molecule has 3 aromatic carbocycles. The number of benzene rings is 3. The molecule has 0 aliphatic rings. The lowest BCUT2D eigenvalue weighted by Crippen LogP contribution is -2.08. The van der Waals surface area contributed by atoms with E-state index < -0.39 is 5.97 Å². The Morgan fingerprint density at radius 1 is 0.857 bits per heavy atom. The van der Waals surface area contributed by atoms with Crippen LogP contribution >= 0.6 is 0 Å². The average Bonchev–Trinajstić information content (AvgIpc) is 2.53. The average molecular weight is 276 g/mol. The summed E-state index contributed by atoms with van der Waals surface area (Å²) < 4.78 is 0. The highest BCUT2D eigenvalue weighted by Gasteiger charge is 2.19. The quantitative estimate of drug-likeness (QED) is 0.764. The molecule has 0 saturated heterocycles. The van der Waals surface area contributed by atoms with Gasteiger partial charge in [-0.15, -0.1) is 0 Å². The van der Waals surface area contributed by atoms with Crippen LogP contribution in [-0.2, 0) is 4.79 Å². The zero-order valence-corrected chi connectivity index (χ0v) is 11.6. The van der Waals surface area contributed by atoms with Crippen molar-refractivity contribution >= 4 is 16.7 Å². The summed E-state index contributed by atoms with van der Waals surface area (Å²) in [5.41, 5.74) is 2.11. The van der Waals surface area contributed by atoms with E-state index in [1.807, 2.05) is 54.6 Å². The SMILES string of the molecule is O=C(O)CC(c1ccccc1)c1cccc2ccccc12. The molecule has 0 aliphatic carbocycles. The lowest BCUT2D eigenvalue weighted by molar-refractivity contribution is -0.137. The molecule has 0 fully saturated rings. The van der Waals surface area contributed by atoms with Gasteiger partial charge in [0.1, 0.15) is 0 Å². The molecule has 3 aromatic rings. The molecule has 0 heterocycles. The Kier molecular flexibility index (Phi) is 3.69. The van der Waals surface area contributed by atoms with E-state index in [4.69, 9.17) is 0 Å². The number of hydrogen-bond donors (Lipinski definition) is 1. The molecule has 3 rings (SSSR count). The largest absolute Gasteiger partial charge is 0.481 e. The van der Waals surface area contributed by atoms with Crippen molar-refractivity contribution in [1.29, 1.82) is 0 Å². The van der Waals surface area contributed by atoms with Crippen molar-refractivity contribution in [2.45, 2.75) is 12.3 Å². The second-order valence-corrected chi connectivity index (χ2v) is 5.13. The van der Waals surface area contributed by atoms with Crippen molar-refractivity contribution in [2.75, 3.05) is 0 Å². The summed E-state index contributed by atoms with van der Waals surface area (Å²) in [4.78, 5) is 11.3. The molecule has 1 atom stereocenters. The highest BCUT2D eigenvalue weighted by molar-refractivity contribution is 5.87. The second kappa shape index (κ2) is 5.80. The van der Waals surface area contributed by atoms with E-state index in [2.05, 4.69) is 18.2 Å². The first kappa shape index (κ1) is 13.4. The molecule has 0 aliphatic heterocycles. The number of hydrogen-bond acceptors (Lipinski definition) is 1. The van der Waals surface area contributed by atoms with Crippen LogP contribution in [0.5, 0.6) is 0 Å². The Bertz CT molecular complexity index is 757. The lowest BCUT2D eigenvalue weighted by Gasteiger charge is -2.18. The first-order valence-electron chi connectivity index (χ1n) is 7.00. The molecule has 0 spiro atoms. The zero-order valence-electron chi connectivity index (χ0n) is 11.6. The summed E-state index contributed by atoms with van der Waals surface area (Å²) in [6.45, 7) is 0. The molecule has 0 amide bonds. The molecular weight excluding hydrogens is 260 g/mol. The number of carbonyl (C=O) groups is 1.